The number of carbonyl (C=O) groups excluding carboxylic acids is 2. The molecule has 4 aliphatic rings. The predicted octanol–water partition coefficient (Wildman–Crippen LogP) is 5.51. The molecule has 47 heavy (non-hydrogen) atoms. The topological polar surface area (TPSA) is 106 Å². The lowest BCUT2D eigenvalue weighted by Crippen LogP contribution is -2.52. The highest BCUT2D eigenvalue weighted by atomic mass is 19.1. The average molecular weight is 648 g/mol. The van der Waals surface area contributed by atoms with Crippen LogP contribution in [0.2, 0.25) is 0 Å². The van der Waals surface area contributed by atoms with E-state index in [0.29, 0.717) is 48.7 Å². The van der Waals surface area contributed by atoms with E-state index in [1.165, 1.54) is 12.1 Å². The van der Waals surface area contributed by atoms with Crippen molar-refractivity contribution in [1.82, 2.24) is 35.1 Å². The van der Waals surface area contributed by atoms with Crippen LogP contribution in [0, 0.1) is 17.7 Å². The van der Waals surface area contributed by atoms with Crippen molar-refractivity contribution in [3.63, 3.8) is 0 Å². The quantitative estimate of drug-likeness (QED) is 0.265. The summed E-state index contributed by atoms with van der Waals surface area (Å²) >= 11 is 0. The van der Waals surface area contributed by atoms with E-state index in [0.717, 1.165) is 54.5 Å². The van der Waals surface area contributed by atoms with Crippen molar-refractivity contribution in [1.29, 1.82) is 0 Å². The van der Waals surface area contributed by atoms with Crippen LogP contribution in [0.25, 0.3) is 33.6 Å². The molecular weight excluding hydrogens is 607 g/mol. The smallest absolute Gasteiger partial charge is 0.254 e. The van der Waals surface area contributed by atoms with Gasteiger partial charge in [-0.2, -0.15) is 0 Å². The standard InChI is InChI=1S/C35H40F3N7O2/c1-19-26-7-6-21-14-30(44(31(21)41-26)12-4-2-3-5-20-13-22(20)33(46)40-19)32-42-27-15-23(34(47)43-28-17-39-11-8-24(28)36)25(37)16-29(27)45(32)18-35(38)9-10-35/h6-7,14-16,19-20,22,24,28,39H,2-5,8-13,17-18H2,1H3,(H,40,46)(H,43,47)/t19-,20-,22-,24+,28+/m1/s1. The van der Waals surface area contributed by atoms with Crippen LogP contribution < -0.4 is 16.0 Å². The number of aryl methyl sites for hydroxylation is 1. The summed E-state index contributed by atoms with van der Waals surface area (Å²) < 4.78 is 49.4. The molecule has 3 N–H and O–H groups in total. The van der Waals surface area contributed by atoms with Crippen LogP contribution in [0.4, 0.5) is 13.2 Å². The molecule has 3 fully saturated rings. The Morgan fingerprint density at radius 1 is 1.13 bits per heavy atom. The van der Waals surface area contributed by atoms with E-state index in [2.05, 4.69) is 20.5 Å². The van der Waals surface area contributed by atoms with Crippen LogP contribution in [0.5, 0.6) is 0 Å². The minimum atomic E-state index is -1.41. The number of pyridine rings is 1. The van der Waals surface area contributed by atoms with Gasteiger partial charge in [-0.05, 0) is 82.2 Å². The minimum absolute atomic E-state index is 0.00686. The van der Waals surface area contributed by atoms with E-state index in [1.54, 1.807) is 4.57 Å². The first kappa shape index (κ1) is 30.4. The van der Waals surface area contributed by atoms with Crippen molar-refractivity contribution in [3.05, 3.63) is 47.4 Å². The third-order valence-corrected chi connectivity index (χ3v) is 10.5. The maximum atomic E-state index is 15.6. The lowest BCUT2D eigenvalue weighted by atomic mass is 10.0. The lowest BCUT2D eigenvalue weighted by Gasteiger charge is -2.27. The molecule has 2 aliphatic carbocycles. The monoisotopic (exact) mass is 647 g/mol. The van der Waals surface area contributed by atoms with Crippen LogP contribution in [0.1, 0.15) is 80.4 Å². The van der Waals surface area contributed by atoms with Crippen molar-refractivity contribution in [3.8, 4) is 11.5 Å². The van der Waals surface area contributed by atoms with E-state index in [1.807, 2.05) is 25.1 Å². The number of hydrogen-bond donors (Lipinski definition) is 3. The molecule has 4 aromatic rings. The second-order valence-corrected chi connectivity index (χ2v) is 14.1. The van der Waals surface area contributed by atoms with Gasteiger partial charge in [-0.1, -0.05) is 12.8 Å². The van der Waals surface area contributed by atoms with Crippen molar-refractivity contribution < 1.29 is 22.8 Å². The maximum Gasteiger partial charge on any atom is 0.254 e. The SMILES string of the molecule is C[C@H]1NC(=O)[C@@H]2C[C@H]2CCCCCn2c(-c3nc4cc(C(=O)N[C@H]5CNCC[C@@H]5F)c(F)cc4n3CC3(F)CC3)cc3ccc1nc32. The van der Waals surface area contributed by atoms with E-state index in [4.69, 9.17) is 9.97 Å². The van der Waals surface area contributed by atoms with Gasteiger partial charge in [-0.3, -0.25) is 9.59 Å². The molecule has 5 heterocycles. The summed E-state index contributed by atoms with van der Waals surface area (Å²) in [6.07, 6.45) is 4.75. The fourth-order valence-electron chi connectivity index (χ4n) is 7.40. The highest BCUT2D eigenvalue weighted by Gasteiger charge is 2.45. The number of hydrogen-bond acceptors (Lipinski definition) is 5. The summed E-state index contributed by atoms with van der Waals surface area (Å²) in [5.74, 6) is -0.375. The van der Waals surface area contributed by atoms with Gasteiger partial charge in [-0.15, -0.1) is 0 Å². The number of piperidine rings is 1. The maximum absolute atomic E-state index is 15.6. The van der Waals surface area contributed by atoms with Gasteiger partial charge in [0.1, 0.15) is 23.3 Å². The molecule has 12 heteroatoms. The molecule has 1 saturated heterocycles. The number of alkyl halides is 2. The first-order chi connectivity index (χ1) is 22.7. The number of halogens is 3. The molecule has 3 aromatic heterocycles. The number of nitrogens with zero attached hydrogens (tertiary/aromatic N) is 4. The number of rotatable bonds is 5. The molecule has 2 bridgehead atoms. The zero-order chi connectivity index (χ0) is 32.4. The van der Waals surface area contributed by atoms with Crippen molar-refractivity contribution in [2.75, 3.05) is 13.1 Å². The number of nitrogens with one attached hydrogen (secondary N) is 3. The van der Waals surface area contributed by atoms with Gasteiger partial charge in [0.05, 0.1) is 46.6 Å². The van der Waals surface area contributed by atoms with Gasteiger partial charge in [0, 0.05) is 30.5 Å². The Bertz CT molecular complexity index is 1880. The van der Waals surface area contributed by atoms with Gasteiger partial charge in [0.2, 0.25) is 5.91 Å². The van der Waals surface area contributed by atoms with E-state index < -0.39 is 29.6 Å². The van der Waals surface area contributed by atoms with Crippen LogP contribution in [-0.4, -0.2) is 61.9 Å². The average Bonchev–Trinajstić information content (AvgIpc) is 3.93. The molecular formula is C35H40F3N7O2. The van der Waals surface area contributed by atoms with Crippen molar-refractivity contribution in [2.45, 2.75) is 95.3 Å². The summed E-state index contributed by atoms with van der Waals surface area (Å²) in [5, 5.41) is 9.73. The fraction of sp³-hybridized carbons (Fsp3) is 0.543. The van der Waals surface area contributed by atoms with Crippen molar-refractivity contribution in [2.24, 2.45) is 11.8 Å². The highest BCUT2D eigenvalue weighted by molar-refractivity contribution is 5.98. The molecule has 248 valence electrons. The first-order valence-corrected chi connectivity index (χ1v) is 17.0. The molecule has 2 saturated carbocycles. The van der Waals surface area contributed by atoms with Gasteiger partial charge in [-0.25, -0.2) is 23.1 Å². The summed E-state index contributed by atoms with van der Waals surface area (Å²) in [5.41, 5.74) is 1.34. The minimum Gasteiger partial charge on any atom is -0.348 e. The van der Waals surface area contributed by atoms with Crippen LogP contribution in [-0.2, 0) is 17.9 Å². The molecule has 5 atom stereocenters. The number of amides is 2. The fourth-order valence-corrected chi connectivity index (χ4v) is 7.40. The Balaban J connectivity index is 1.21. The van der Waals surface area contributed by atoms with Gasteiger partial charge < -0.3 is 25.1 Å². The zero-order valence-electron chi connectivity index (χ0n) is 26.5. The summed E-state index contributed by atoms with van der Waals surface area (Å²) in [6.45, 7) is 3.40. The lowest BCUT2D eigenvalue weighted by molar-refractivity contribution is -0.123. The largest absolute Gasteiger partial charge is 0.348 e. The molecule has 0 spiro atoms. The Kier molecular flexibility index (Phi) is 7.53. The molecule has 1 aromatic carbocycles. The van der Waals surface area contributed by atoms with Crippen LogP contribution in [0.15, 0.2) is 30.3 Å². The second kappa shape index (κ2) is 11.6. The zero-order valence-corrected chi connectivity index (χ0v) is 26.5. The van der Waals surface area contributed by atoms with E-state index in [-0.39, 0.29) is 42.9 Å². The van der Waals surface area contributed by atoms with Gasteiger partial charge >= 0.3 is 0 Å². The Morgan fingerprint density at radius 3 is 2.79 bits per heavy atom. The molecule has 0 unspecified atom stereocenters. The first-order valence-electron chi connectivity index (χ1n) is 17.0. The summed E-state index contributed by atoms with van der Waals surface area (Å²) in [7, 11) is 0. The normalized spacial score (nSPS) is 27.3. The Labute approximate surface area is 270 Å². The highest BCUT2D eigenvalue weighted by Crippen LogP contribution is 2.44. The number of benzene rings is 1. The third-order valence-electron chi connectivity index (χ3n) is 10.5. The van der Waals surface area contributed by atoms with E-state index in [9.17, 15) is 14.0 Å². The predicted molar refractivity (Wildman–Crippen MR) is 172 cm³/mol. The third kappa shape index (κ3) is 5.78. The molecule has 0 radical (unpaired) electrons. The Morgan fingerprint density at radius 2 is 1.98 bits per heavy atom. The molecule has 9 nitrogen and oxygen atoms in total. The van der Waals surface area contributed by atoms with Crippen LogP contribution >= 0.6 is 0 Å². The molecule has 2 amide bonds. The number of carbonyl (C=O) groups is 2. The summed E-state index contributed by atoms with van der Waals surface area (Å²) in [6, 6.07) is 7.50. The second-order valence-electron chi connectivity index (χ2n) is 14.1. The molecule has 2 aliphatic heterocycles. The van der Waals surface area contributed by atoms with Gasteiger partial charge in [0.25, 0.3) is 5.91 Å². The number of aromatic nitrogens is 4. The van der Waals surface area contributed by atoms with Crippen molar-refractivity contribution >= 4 is 33.9 Å². The molecule has 8 rings (SSSR count). The Hall–Kier alpha value is -3.93. The van der Waals surface area contributed by atoms with Crippen LogP contribution in [0.3, 0.4) is 0 Å². The number of fused-ring (bicyclic) bond motifs is 3. The van der Waals surface area contributed by atoms with Gasteiger partial charge in [0.15, 0.2) is 5.82 Å². The van der Waals surface area contributed by atoms with E-state index >= 15 is 8.78 Å². The number of imidazole rings is 1. The summed E-state index contributed by atoms with van der Waals surface area (Å²) in [4.78, 5) is 36.0.